The lowest BCUT2D eigenvalue weighted by Crippen LogP contribution is -2.48. The summed E-state index contributed by atoms with van der Waals surface area (Å²) < 4.78 is 48.8. The molecule has 0 radical (unpaired) electrons. The van der Waals surface area contributed by atoms with Gasteiger partial charge in [0.15, 0.2) is 5.41 Å². The normalized spacial score (nSPS) is 17.5. The Morgan fingerprint density at radius 1 is 0.818 bits per heavy atom. The number of para-hydroxylation sites is 2. The fourth-order valence-electron chi connectivity index (χ4n) is 3.47. The van der Waals surface area contributed by atoms with Crippen LogP contribution in [0.2, 0.25) is 0 Å². The number of nitrogens with zero attached hydrogens (tertiary/aromatic N) is 1. The maximum atomic E-state index is 13.3. The first-order chi connectivity index (χ1) is 15.6. The smallest absolute Gasteiger partial charge is 0.425 e. The molecule has 1 aliphatic heterocycles. The molecule has 0 aromatic heterocycles. The van der Waals surface area contributed by atoms with Crippen LogP contribution in [0.4, 0.5) is 23.7 Å². The minimum atomic E-state index is -4.55. The molecule has 3 aromatic rings. The number of imide groups is 1. The zero-order valence-electron chi connectivity index (χ0n) is 17.1. The Labute approximate surface area is 186 Å². The summed E-state index contributed by atoms with van der Waals surface area (Å²) in [4.78, 5) is 39.9. The fraction of sp³-hybridized carbons (Fsp3) is 0.125. The van der Waals surface area contributed by atoms with E-state index in [4.69, 9.17) is 9.47 Å². The fourth-order valence-corrected chi connectivity index (χ4v) is 3.47. The van der Waals surface area contributed by atoms with E-state index in [0.29, 0.717) is 0 Å². The highest BCUT2D eigenvalue weighted by atomic mass is 19.4. The van der Waals surface area contributed by atoms with Crippen molar-refractivity contribution in [2.75, 3.05) is 4.90 Å². The lowest BCUT2D eigenvalue weighted by atomic mass is 9.84. The van der Waals surface area contributed by atoms with Crippen molar-refractivity contribution in [3.63, 3.8) is 0 Å². The highest BCUT2D eigenvalue weighted by Gasteiger charge is 2.56. The number of amides is 2. The van der Waals surface area contributed by atoms with E-state index in [-0.39, 0.29) is 22.7 Å². The topological polar surface area (TPSA) is 72.9 Å². The van der Waals surface area contributed by atoms with Gasteiger partial charge in [0.1, 0.15) is 11.5 Å². The van der Waals surface area contributed by atoms with Crippen molar-refractivity contribution in [3.8, 4) is 11.5 Å². The standard InChI is InChI=1S/C24H16F3NO5/c1-23(21(30)32-17-13-11-15(12-14-17)24(25,26)27)18-9-5-6-10-19(18)28(20(23)29)22(31)33-16-7-3-2-4-8-16/h2-14H,1H3/t23-/m1/s1. The van der Waals surface area contributed by atoms with E-state index in [2.05, 4.69) is 0 Å². The average molecular weight is 455 g/mol. The monoisotopic (exact) mass is 455 g/mol. The molecule has 0 spiro atoms. The largest absolute Gasteiger partial charge is 0.426 e. The second-order valence-electron chi connectivity index (χ2n) is 7.38. The van der Waals surface area contributed by atoms with Gasteiger partial charge in [0.05, 0.1) is 11.3 Å². The molecule has 0 aliphatic carbocycles. The quantitative estimate of drug-likeness (QED) is 0.312. The minimum absolute atomic E-state index is 0.148. The first-order valence-electron chi connectivity index (χ1n) is 9.73. The van der Waals surface area contributed by atoms with Crippen LogP contribution in [-0.4, -0.2) is 18.0 Å². The molecule has 1 heterocycles. The van der Waals surface area contributed by atoms with E-state index in [1.54, 1.807) is 30.3 Å². The van der Waals surface area contributed by atoms with Crippen molar-refractivity contribution in [1.82, 2.24) is 0 Å². The molecule has 0 bridgehead atoms. The lowest BCUT2D eigenvalue weighted by molar-refractivity contribution is -0.144. The van der Waals surface area contributed by atoms with Crippen molar-refractivity contribution in [2.45, 2.75) is 18.5 Å². The Morgan fingerprint density at radius 3 is 2.03 bits per heavy atom. The summed E-state index contributed by atoms with van der Waals surface area (Å²) in [6, 6.07) is 17.7. The molecular weight excluding hydrogens is 439 g/mol. The van der Waals surface area contributed by atoms with Gasteiger partial charge >= 0.3 is 18.2 Å². The van der Waals surface area contributed by atoms with Gasteiger partial charge in [0.25, 0.3) is 5.91 Å². The number of ether oxygens (including phenoxy) is 2. The summed E-state index contributed by atoms with van der Waals surface area (Å²) >= 11 is 0. The molecule has 33 heavy (non-hydrogen) atoms. The minimum Gasteiger partial charge on any atom is -0.425 e. The van der Waals surface area contributed by atoms with E-state index >= 15 is 0 Å². The maximum Gasteiger partial charge on any atom is 0.426 e. The molecule has 6 nitrogen and oxygen atoms in total. The number of carbonyl (C=O) groups is 3. The van der Waals surface area contributed by atoms with Crippen LogP contribution in [-0.2, 0) is 21.2 Å². The molecule has 1 aliphatic rings. The molecule has 2 amide bonds. The summed E-state index contributed by atoms with van der Waals surface area (Å²) in [6.45, 7) is 1.29. The van der Waals surface area contributed by atoms with Crippen LogP contribution in [0.1, 0.15) is 18.1 Å². The van der Waals surface area contributed by atoms with Crippen LogP contribution in [0.3, 0.4) is 0 Å². The van der Waals surface area contributed by atoms with E-state index in [1.165, 1.54) is 31.2 Å². The summed E-state index contributed by atoms with van der Waals surface area (Å²) in [5, 5.41) is 0. The third kappa shape index (κ3) is 3.93. The summed E-state index contributed by atoms with van der Waals surface area (Å²) in [5.41, 5.74) is -2.48. The van der Waals surface area contributed by atoms with Crippen LogP contribution in [0.15, 0.2) is 78.9 Å². The molecule has 4 rings (SSSR count). The van der Waals surface area contributed by atoms with Gasteiger partial charge in [0.2, 0.25) is 0 Å². The average Bonchev–Trinajstić information content (AvgIpc) is 3.02. The van der Waals surface area contributed by atoms with Crippen molar-refractivity contribution < 1.29 is 37.0 Å². The Hall–Kier alpha value is -4.14. The predicted molar refractivity (Wildman–Crippen MR) is 111 cm³/mol. The highest BCUT2D eigenvalue weighted by molar-refractivity contribution is 6.28. The number of hydrogen-bond acceptors (Lipinski definition) is 5. The molecule has 9 heteroatoms. The predicted octanol–water partition coefficient (Wildman–Crippen LogP) is 5.11. The zero-order valence-corrected chi connectivity index (χ0v) is 17.1. The van der Waals surface area contributed by atoms with Crippen molar-refractivity contribution in [3.05, 3.63) is 90.0 Å². The molecule has 0 saturated heterocycles. The molecule has 0 fully saturated rings. The third-order valence-corrected chi connectivity index (χ3v) is 5.25. The summed E-state index contributed by atoms with van der Waals surface area (Å²) in [7, 11) is 0. The first kappa shape index (κ1) is 22.1. The number of alkyl halides is 3. The van der Waals surface area contributed by atoms with E-state index in [9.17, 15) is 27.6 Å². The number of rotatable bonds is 3. The molecular formula is C24H16F3NO5. The number of fused-ring (bicyclic) bond motifs is 1. The number of esters is 1. The SMILES string of the molecule is C[C@]1(C(=O)Oc2ccc(C(F)(F)F)cc2)C(=O)N(C(=O)Oc2ccccc2)c2ccccc21. The van der Waals surface area contributed by atoms with E-state index in [1.807, 2.05) is 0 Å². The molecule has 3 aromatic carbocycles. The molecule has 0 unspecified atom stereocenters. The second kappa shape index (κ2) is 8.09. The summed E-state index contributed by atoms with van der Waals surface area (Å²) in [6.07, 6.45) is -5.56. The molecule has 0 N–H and O–H groups in total. The van der Waals surface area contributed by atoms with Gasteiger partial charge in [-0.25, -0.2) is 9.69 Å². The first-order valence-corrected chi connectivity index (χ1v) is 9.73. The van der Waals surface area contributed by atoms with Gasteiger partial charge in [-0.15, -0.1) is 0 Å². The molecule has 168 valence electrons. The van der Waals surface area contributed by atoms with Crippen molar-refractivity contribution in [2.24, 2.45) is 0 Å². The van der Waals surface area contributed by atoms with Crippen molar-refractivity contribution >= 4 is 23.7 Å². The van der Waals surface area contributed by atoms with Gasteiger partial charge in [-0.3, -0.25) is 9.59 Å². The summed E-state index contributed by atoms with van der Waals surface area (Å²) in [5.74, 6) is -1.92. The molecule has 0 saturated carbocycles. The van der Waals surface area contributed by atoms with Gasteiger partial charge in [-0.1, -0.05) is 36.4 Å². The van der Waals surface area contributed by atoms with Gasteiger partial charge in [-0.05, 0) is 49.4 Å². The van der Waals surface area contributed by atoms with Crippen LogP contribution in [0.5, 0.6) is 11.5 Å². The second-order valence-corrected chi connectivity index (χ2v) is 7.38. The third-order valence-electron chi connectivity index (χ3n) is 5.25. The van der Waals surface area contributed by atoms with E-state index in [0.717, 1.165) is 29.2 Å². The van der Waals surface area contributed by atoms with Crippen LogP contribution < -0.4 is 14.4 Å². The van der Waals surface area contributed by atoms with Gasteiger partial charge in [-0.2, -0.15) is 13.2 Å². The lowest BCUT2D eigenvalue weighted by Gasteiger charge is -2.21. The number of benzene rings is 3. The number of carbonyl (C=O) groups excluding carboxylic acids is 3. The number of hydrogen-bond donors (Lipinski definition) is 0. The maximum absolute atomic E-state index is 13.3. The molecule has 1 atom stereocenters. The van der Waals surface area contributed by atoms with E-state index < -0.39 is 35.1 Å². The Kier molecular flexibility index (Phi) is 5.41. The van der Waals surface area contributed by atoms with Crippen LogP contribution >= 0.6 is 0 Å². The van der Waals surface area contributed by atoms with Crippen LogP contribution in [0, 0.1) is 0 Å². The van der Waals surface area contributed by atoms with Crippen LogP contribution in [0.25, 0.3) is 0 Å². The number of halogens is 3. The van der Waals surface area contributed by atoms with Crippen molar-refractivity contribution in [1.29, 1.82) is 0 Å². The van der Waals surface area contributed by atoms with Gasteiger partial charge < -0.3 is 9.47 Å². The highest BCUT2D eigenvalue weighted by Crippen LogP contribution is 2.43. The number of anilines is 1. The Morgan fingerprint density at radius 2 is 1.39 bits per heavy atom. The Bertz CT molecular complexity index is 1220. The zero-order chi connectivity index (χ0) is 23.8. The Balaban J connectivity index is 1.63. The van der Waals surface area contributed by atoms with Gasteiger partial charge in [0, 0.05) is 5.56 Å².